The van der Waals surface area contributed by atoms with Gasteiger partial charge in [-0.05, 0) is 69.9 Å². The summed E-state index contributed by atoms with van der Waals surface area (Å²) in [5, 5.41) is 17.1. The number of aliphatic hydroxyl groups is 1. The van der Waals surface area contributed by atoms with Gasteiger partial charge in [-0.1, -0.05) is 0 Å². The second-order valence-electron chi connectivity index (χ2n) is 9.72. The molecule has 5 rings (SSSR count). The van der Waals surface area contributed by atoms with Crippen molar-refractivity contribution in [3.8, 4) is 17.0 Å². The average Bonchev–Trinajstić information content (AvgIpc) is 3.30. The molecule has 0 unspecified atom stereocenters. The molecule has 1 fully saturated rings. The topological polar surface area (TPSA) is 114 Å². The molecule has 3 N–H and O–H groups in total. The minimum atomic E-state index is -0.265. The molecule has 1 aromatic carbocycles. The molecule has 0 atom stereocenters. The molecule has 192 valence electrons. The number of benzene rings is 1. The van der Waals surface area contributed by atoms with Crippen molar-refractivity contribution in [3.63, 3.8) is 0 Å². The molecule has 1 amide bonds. The van der Waals surface area contributed by atoms with Crippen molar-refractivity contribution >= 4 is 28.4 Å². The Balaban J connectivity index is 1.41. The maximum absolute atomic E-state index is 12.9. The van der Waals surface area contributed by atoms with Gasteiger partial charge in [-0.15, -0.1) is 0 Å². The standard InChI is InChI=1S/C28H32N6O3/c1-17(2)34-16-22(21-10-12-29-15-25(21)34)23-11-13-30-28(32-23)33-24-14-18(4-9-26(24)37-3)27(36)31-19-5-7-20(35)8-6-19/h4,9-17,19-20,35H,5-8H2,1-3H3,(H,31,36)(H,30,32,33). The fourth-order valence-corrected chi connectivity index (χ4v) is 4.85. The van der Waals surface area contributed by atoms with Crippen molar-refractivity contribution in [2.75, 3.05) is 12.4 Å². The lowest BCUT2D eigenvalue weighted by molar-refractivity contribution is 0.0867. The molecule has 9 nitrogen and oxygen atoms in total. The molecule has 9 heteroatoms. The summed E-state index contributed by atoms with van der Waals surface area (Å²) in [5.74, 6) is 0.819. The summed E-state index contributed by atoms with van der Waals surface area (Å²) in [4.78, 5) is 26.4. The van der Waals surface area contributed by atoms with E-state index in [1.54, 1.807) is 37.7 Å². The SMILES string of the molecule is COc1ccc(C(=O)NC2CCC(O)CC2)cc1Nc1nccc(-c2cn(C(C)C)c3cnccc23)n1. The van der Waals surface area contributed by atoms with E-state index in [1.807, 2.05) is 18.3 Å². The van der Waals surface area contributed by atoms with E-state index in [1.165, 1.54) is 0 Å². The summed E-state index contributed by atoms with van der Waals surface area (Å²) in [6, 6.07) is 9.47. The Hall–Kier alpha value is -3.98. The van der Waals surface area contributed by atoms with E-state index in [-0.39, 0.29) is 24.1 Å². The number of carbonyl (C=O) groups excluding carboxylic acids is 1. The fourth-order valence-electron chi connectivity index (χ4n) is 4.85. The molecule has 0 saturated heterocycles. The second-order valence-corrected chi connectivity index (χ2v) is 9.72. The van der Waals surface area contributed by atoms with Gasteiger partial charge >= 0.3 is 0 Å². The Morgan fingerprint density at radius 2 is 1.95 bits per heavy atom. The van der Waals surface area contributed by atoms with Gasteiger partial charge in [0.25, 0.3) is 5.91 Å². The summed E-state index contributed by atoms with van der Waals surface area (Å²) < 4.78 is 7.71. The number of amides is 1. The molecule has 1 aliphatic rings. The lowest BCUT2D eigenvalue weighted by atomic mass is 9.93. The molecular formula is C28H32N6O3. The van der Waals surface area contributed by atoms with Gasteiger partial charge in [0.1, 0.15) is 5.75 Å². The highest BCUT2D eigenvalue weighted by Gasteiger charge is 2.22. The van der Waals surface area contributed by atoms with Gasteiger partial charge < -0.3 is 25.0 Å². The van der Waals surface area contributed by atoms with Crippen LogP contribution in [0.5, 0.6) is 5.75 Å². The Bertz CT molecular complexity index is 1410. The summed E-state index contributed by atoms with van der Waals surface area (Å²) in [5.41, 5.74) is 3.93. The molecular weight excluding hydrogens is 468 g/mol. The summed E-state index contributed by atoms with van der Waals surface area (Å²) >= 11 is 0. The first-order valence-electron chi connectivity index (χ1n) is 12.6. The van der Waals surface area contributed by atoms with Gasteiger partial charge in [-0.2, -0.15) is 0 Å². The summed E-state index contributed by atoms with van der Waals surface area (Å²) in [6.07, 6.45) is 10.2. The van der Waals surface area contributed by atoms with Crippen molar-refractivity contribution in [1.29, 1.82) is 0 Å². The maximum atomic E-state index is 12.9. The van der Waals surface area contributed by atoms with Gasteiger partial charge in [0.2, 0.25) is 5.95 Å². The minimum absolute atomic E-state index is 0.0672. The smallest absolute Gasteiger partial charge is 0.251 e. The molecule has 37 heavy (non-hydrogen) atoms. The van der Waals surface area contributed by atoms with Crippen LogP contribution in [-0.2, 0) is 0 Å². The van der Waals surface area contributed by atoms with E-state index in [4.69, 9.17) is 9.72 Å². The zero-order chi connectivity index (χ0) is 25.9. The number of hydrogen-bond acceptors (Lipinski definition) is 7. The van der Waals surface area contributed by atoms with E-state index in [2.05, 4.69) is 45.2 Å². The van der Waals surface area contributed by atoms with Crippen LogP contribution in [0.3, 0.4) is 0 Å². The first-order valence-corrected chi connectivity index (χ1v) is 12.6. The molecule has 1 saturated carbocycles. The molecule has 0 bridgehead atoms. The number of fused-ring (bicyclic) bond motifs is 1. The third-order valence-electron chi connectivity index (χ3n) is 6.86. The number of carbonyl (C=O) groups is 1. The van der Waals surface area contributed by atoms with Gasteiger partial charge in [0.05, 0.1) is 36.3 Å². The zero-order valence-corrected chi connectivity index (χ0v) is 21.3. The van der Waals surface area contributed by atoms with Crippen molar-refractivity contribution in [2.24, 2.45) is 0 Å². The minimum Gasteiger partial charge on any atom is -0.495 e. The predicted molar refractivity (Wildman–Crippen MR) is 143 cm³/mol. The maximum Gasteiger partial charge on any atom is 0.251 e. The number of aromatic nitrogens is 4. The zero-order valence-electron chi connectivity index (χ0n) is 21.3. The molecule has 1 aliphatic carbocycles. The number of hydrogen-bond donors (Lipinski definition) is 3. The van der Waals surface area contributed by atoms with Crippen LogP contribution in [0.1, 0.15) is 55.9 Å². The number of pyridine rings is 1. The first kappa shape index (κ1) is 24.7. The third kappa shape index (κ3) is 5.27. The molecule has 3 aromatic heterocycles. The van der Waals surface area contributed by atoms with E-state index in [9.17, 15) is 9.90 Å². The molecule has 0 spiro atoms. The monoisotopic (exact) mass is 500 g/mol. The van der Waals surface area contributed by atoms with Crippen molar-refractivity contribution < 1.29 is 14.6 Å². The second kappa shape index (κ2) is 10.6. The Kier molecular flexibility index (Phi) is 7.05. The first-order chi connectivity index (χ1) is 17.9. The van der Waals surface area contributed by atoms with Crippen LogP contribution in [0.2, 0.25) is 0 Å². The highest BCUT2D eigenvalue weighted by molar-refractivity contribution is 5.96. The average molecular weight is 501 g/mol. The van der Waals surface area contributed by atoms with Crippen molar-refractivity contribution in [2.45, 2.75) is 57.7 Å². The quantitative estimate of drug-likeness (QED) is 0.332. The lowest BCUT2D eigenvalue weighted by Gasteiger charge is -2.26. The van der Waals surface area contributed by atoms with E-state index in [0.29, 0.717) is 35.8 Å². The molecule has 4 aromatic rings. The van der Waals surface area contributed by atoms with Crippen LogP contribution in [0.25, 0.3) is 22.2 Å². The summed E-state index contributed by atoms with van der Waals surface area (Å²) in [6.45, 7) is 4.27. The highest BCUT2D eigenvalue weighted by atomic mass is 16.5. The Morgan fingerprint density at radius 1 is 1.14 bits per heavy atom. The number of rotatable bonds is 7. The van der Waals surface area contributed by atoms with E-state index in [0.717, 1.165) is 35.0 Å². The normalized spacial score (nSPS) is 17.6. The van der Waals surface area contributed by atoms with E-state index >= 15 is 0 Å². The molecule has 0 radical (unpaired) electrons. The summed E-state index contributed by atoms with van der Waals surface area (Å²) in [7, 11) is 1.58. The van der Waals surface area contributed by atoms with Crippen LogP contribution in [0, 0.1) is 0 Å². The Morgan fingerprint density at radius 3 is 2.70 bits per heavy atom. The predicted octanol–water partition coefficient (Wildman–Crippen LogP) is 4.86. The van der Waals surface area contributed by atoms with Gasteiger partial charge in [0, 0.05) is 47.2 Å². The largest absolute Gasteiger partial charge is 0.495 e. The van der Waals surface area contributed by atoms with Crippen molar-refractivity contribution in [3.05, 3.63) is 60.7 Å². The number of ether oxygens (including phenoxy) is 1. The van der Waals surface area contributed by atoms with Crippen LogP contribution in [0.4, 0.5) is 11.6 Å². The van der Waals surface area contributed by atoms with E-state index < -0.39 is 0 Å². The highest BCUT2D eigenvalue weighted by Crippen LogP contribution is 2.33. The van der Waals surface area contributed by atoms with Crippen LogP contribution in [-0.4, -0.2) is 49.8 Å². The Labute approximate surface area is 215 Å². The fraction of sp³-hybridized carbons (Fsp3) is 0.357. The number of nitrogens with one attached hydrogen (secondary N) is 2. The van der Waals surface area contributed by atoms with Crippen LogP contribution >= 0.6 is 0 Å². The lowest BCUT2D eigenvalue weighted by Crippen LogP contribution is -2.38. The van der Waals surface area contributed by atoms with Crippen molar-refractivity contribution in [1.82, 2.24) is 24.8 Å². The van der Waals surface area contributed by atoms with Gasteiger partial charge in [-0.25, -0.2) is 9.97 Å². The molecule has 3 heterocycles. The van der Waals surface area contributed by atoms with Crippen LogP contribution in [0.15, 0.2) is 55.1 Å². The third-order valence-corrected chi connectivity index (χ3v) is 6.86. The van der Waals surface area contributed by atoms with Crippen LogP contribution < -0.4 is 15.4 Å². The van der Waals surface area contributed by atoms with Gasteiger partial charge in [-0.3, -0.25) is 9.78 Å². The number of aliphatic hydroxyl groups excluding tert-OH is 1. The molecule has 0 aliphatic heterocycles. The number of nitrogens with zero attached hydrogens (tertiary/aromatic N) is 4. The number of methoxy groups -OCH3 is 1. The van der Waals surface area contributed by atoms with Gasteiger partial charge in [0.15, 0.2) is 0 Å². The number of anilines is 2.